The van der Waals surface area contributed by atoms with E-state index in [-0.39, 0.29) is 18.3 Å². The molecular formula is C21H21BBrNO5. The van der Waals surface area contributed by atoms with E-state index in [9.17, 15) is 0 Å². The van der Waals surface area contributed by atoms with Gasteiger partial charge >= 0.3 is 7.12 Å². The van der Waals surface area contributed by atoms with E-state index in [1.165, 1.54) is 0 Å². The third-order valence-electron chi connectivity index (χ3n) is 5.18. The van der Waals surface area contributed by atoms with Crippen LogP contribution in [0.3, 0.4) is 0 Å². The molecule has 0 aliphatic carbocycles. The summed E-state index contributed by atoms with van der Waals surface area (Å²) in [6, 6.07) is 15.9. The minimum atomic E-state index is -0.659. The Bertz CT molecular complexity index is 904. The molecule has 0 N–H and O–H groups in total. The first kappa shape index (κ1) is 19.4. The summed E-state index contributed by atoms with van der Waals surface area (Å²) < 4.78 is 30.8. The highest BCUT2D eigenvalue weighted by molar-refractivity contribution is 9.10. The van der Waals surface area contributed by atoms with Crippen LogP contribution in [0.2, 0.25) is 0 Å². The largest absolute Gasteiger partial charge is 0.494 e. The van der Waals surface area contributed by atoms with Gasteiger partial charge in [0.25, 0.3) is 0 Å². The molecule has 29 heavy (non-hydrogen) atoms. The first-order chi connectivity index (χ1) is 14.0. The number of fused-ring (bicyclic) bond motifs is 3. The van der Waals surface area contributed by atoms with Gasteiger partial charge in [-0.2, -0.15) is 0 Å². The molecule has 0 aromatic heterocycles. The highest BCUT2D eigenvalue weighted by Gasteiger charge is 2.57. The Hall–Kier alpha value is -1.55. The van der Waals surface area contributed by atoms with Crippen LogP contribution in [0, 0.1) is 0 Å². The molecular weight excluding hydrogens is 437 g/mol. The number of hydrogen-bond acceptors (Lipinski definition) is 6. The molecule has 0 amide bonds. The Morgan fingerprint density at radius 1 is 1.03 bits per heavy atom. The summed E-state index contributed by atoms with van der Waals surface area (Å²) in [5, 5.41) is 0. The molecule has 2 aromatic rings. The monoisotopic (exact) mass is 457 g/mol. The molecule has 6 nitrogen and oxygen atoms in total. The maximum absolute atomic E-state index is 6.19. The van der Waals surface area contributed by atoms with Crippen molar-refractivity contribution in [2.75, 3.05) is 6.61 Å². The van der Waals surface area contributed by atoms with E-state index in [0.29, 0.717) is 6.61 Å². The number of aliphatic imine (C=N–C) groups is 1. The number of halogens is 1. The minimum absolute atomic E-state index is 0.172. The second-order valence-electron chi connectivity index (χ2n) is 7.81. The third-order valence-corrected chi connectivity index (χ3v) is 5.71. The van der Waals surface area contributed by atoms with Crippen LogP contribution in [0.1, 0.15) is 19.4 Å². The van der Waals surface area contributed by atoms with E-state index in [1.807, 2.05) is 68.6 Å². The van der Waals surface area contributed by atoms with Gasteiger partial charge in [-0.3, -0.25) is 4.99 Å². The van der Waals surface area contributed by atoms with Crippen molar-refractivity contribution in [2.45, 2.75) is 44.2 Å². The van der Waals surface area contributed by atoms with Crippen molar-refractivity contribution in [1.29, 1.82) is 0 Å². The number of ether oxygens (including phenoxy) is 3. The van der Waals surface area contributed by atoms with E-state index in [1.54, 1.807) is 0 Å². The fourth-order valence-corrected chi connectivity index (χ4v) is 4.06. The van der Waals surface area contributed by atoms with Crippen molar-refractivity contribution >= 4 is 40.4 Å². The summed E-state index contributed by atoms with van der Waals surface area (Å²) >= 11 is 3.43. The zero-order valence-electron chi connectivity index (χ0n) is 16.2. The molecule has 0 saturated carbocycles. The van der Waals surface area contributed by atoms with E-state index < -0.39 is 19.2 Å². The lowest BCUT2D eigenvalue weighted by Crippen LogP contribution is -2.53. The molecule has 2 aromatic carbocycles. The summed E-state index contributed by atoms with van der Waals surface area (Å²) in [6.45, 7) is 4.21. The van der Waals surface area contributed by atoms with Gasteiger partial charge in [-0.05, 0) is 49.1 Å². The Balaban J connectivity index is 1.25. The number of nitrogens with zero attached hydrogens (tertiary/aromatic N) is 1. The van der Waals surface area contributed by atoms with E-state index in [4.69, 9.17) is 23.5 Å². The standard InChI is InChI=1S/C21H21BBrNO5/c1-21(2)27-19-18-17(26-20(19)28-21)12-25-22(29-18)14-5-3-13(4-6-14)11-24-16-9-7-15(23)8-10-16/h3-11,17-20H,12H2,1-2H3/t17-,18+,19-,20-/m1/s1. The maximum atomic E-state index is 6.19. The first-order valence-corrected chi connectivity index (χ1v) is 10.4. The van der Waals surface area contributed by atoms with Gasteiger partial charge < -0.3 is 23.5 Å². The smallest absolute Gasteiger partial charge is 0.404 e. The first-order valence-electron chi connectivity index (χ1n) is 9.65. The van der Waals surface area contributed by atoms with Crippen molar-refractivity contribution in [1.82, 2.24) is 0 Å². The van der Waals surface area contributed by atoms with Crippen molar-refractivity contribution in [3.05, 3.63) is 58.6 Å². The van der Waals surface area contributed by atoms with E-state index in [2.05, 4.69) is 20.9 Å². The molecule has 0 spiro atoms. The van der Waals surface area contributed by atoms with Gasteiger partial charge in [0.15, 0.2) is 12.1 Å². The van der Waals surface area contributed by atoms with E-state index in [0.717, 1.165) is 21.2 Å². The Kier molecular flexibility index (Phi) is 5.10. The summed E-state index contributed by atoms with van der Waals surface area (Å²) in [7, 11) is -0.455. The number of benzene rings is 2. The average molecular weight is 458 g/mol. The predicted molar refractivity (Wildman–Crippen MR) is 113 cm³/mol. The van der Waals surface area contributed by atoms with Crippen LogP contribution in [-0.2, 0) is 23.5 Å². The Labute approximate surface area is 178 Å². The molecule has 3 aliphatic rings. The van der Waals surface area contributed by atoms with Crippen LogP contribution in [0.4, 0.5) is 5.69 Å². The molecule has 8 heteroatoms. The Morgan fingerprint density at radius 2 is 1.79 bits per heavy atom. The Morgan fingerprint density at radius 3 is 2.55 bits per heavy atom. The van der Waals surface area contributed by atoms with Crippen molar-refractivity contribution in [3.8, 4) is 0 Å². The second kappa shape index (κ2) is 7.61. The van der Waals surface area contributed by atoms with Crippen LogP contribution in [0.25, 0.3) is 0 Å². The van der Waals surface area contributed by atoms with Crippen molar-refractivity contribution < 1.29 is 23.5 Å². The van der Waals surface area contributed by atoms with Gasteiger partial charge in [-0.25, -0.2) is 0 Å². The van der Waals surface area contributed by atoms with Gasteiger partial charge in [0, 0.05) is 10.7 Å². The summed E-state index contributed by atoms with van der Waals surface area (Å²) in [5.74, 6) is -0.659. The highest BCUT2D eigenvalue weighted by Crippen LogP contribution is 2.40. The molecule has 0 unspecified atom stereocenters. The summed E-state index contributed by atoms with van der Waals surface area (Å²) in [4.78, 5) is 4.50. The minimum Gasteiger partial charge on any atom is -0.404 e. The van der Waals surface area contributed by atoms with Gasteiger partial charge in [0.2, 0.25) is 0 Å². The number of hydrogen-bond donors (Lipinski definition) is 0. The lowest BCUT2D eigenvalue weighted by Gasteiger charge is -2.32. The lowest BCUT2D eigenvalue weighted by molar-refractivity contribution is -0.221. The maximum Gasteiger partial charge on any atom is 0.494 e. The second-order valence-corrected chi connectivity index (χ2v) is 8.73. The van der Waals surface area contributed by atoms with Crippen molar-refractivity contribution in [3.63, 3.8) is 0 Å². The molecule has 3 fully saturated rings. The SMILES string of the molecule is CC1(C)O[C@H]2O[C@@H]3COB(c4ccc(C=Nc5ccc(Br)cc5)cc4)O[C@@H]3[C@H]2O1. The quantitative estimate of drug-likeness (QED) is 0.523. The van der Waals surface area contributed by atoms with Crippen LogP contribution in [0.15, 0.2) is 58.0 Å². The highest BCUT2D eigenvalue weighted by atomic mass is 79.9. The summed E-state index contributed by atoms with van der Waals surface area (Å²) in [5.41, 5.74) is 2.86. The van der Waals surface area contributed by atoms with Crippen molar-refractivity contribution in [2.24, 2.45) is 4.99 Å². The van der Waals surface area contributed by atoms with Gasteiger partial charge in [-0.1, -0.05) is 40.2 Å². The molecule has 0 bridgehead atoms. The van der Waals surface area contributed by atoms with Crippen LogP contribution in [-0.4, -0.2) is 50.3 Å². The lowest BCUT2D eigenvalue weighted by atomic mass is 9.76. The molecule has 3 saturated heterocycles. The average Bonchev–Trinajstić information content (AvgIpc) is 3.19. The van der Waals surface area contributed by atoms with Crippen LogP contribution < -0.4 is 5.46 Å². The van der Waals surface area contributed by atoms with Crippen LogP contribution >= 0.6 is 15.9 Å². The zero-order chi connectivity index (χ0) is 20.0. The molecule has 4 atom stereocenters. The fourth-order valence-electron chi connectivity index (χ4n) is 3.80. The molecule has 5 rings (SSSR count). The van der Waals surface area contributed by atoms with Gasteiger partial charge in [0.1, 0.15) is 18.3 Å². The molecule has 0 radical (unpaired) electrons. The van der Waals surface area contributed by atoms with Gasteiger partial charge in [0.05, 0.1) is 12.3 Å². The zero-order valence-corrected chi connectivity index (χ0v) is 17.7. The molecule has 3 heterocycles. The number of rotatable bonds is 3. The van der Waals surface area contributed by atoms with E-state index >= 15 is 0 Å². The summed E-state index contributed by atoms with van der Waals surface area (Å²) in [6.07, 6.45) is 0.819. The molecule has 150 valence electrons. The molecule has 3 aliphatic heterocycles. The van der Waals surface area contributed by atoms with Crippen LogP contribution in [0.5, 0.6) is 0 Å². The normalized spacial score (nSPS) is 30.5. The third kappa shape index (κ3) is 4.06. The topological polar surface area (TPSA) is 58.5 Å². The fraction of sp³-hybridized carbons (Fsp3) is 0.381. The van der Waals surface area contributed by atoms with Gasteiger partial charge in [-0.15, -0.1) is 0 Å². The predicted octanol–water partition coefficient (Wildman–Crippen LogP) is 3.19.